The van der Waals surface area contributed by atoms with E-state index in [2.05, 4.69) is 5.32 Å². The molecule has 1 heterocycles. The topological polar surface area (TPSA) is 116 Å². The molecule has 1 N–H and O–H groups in total. The first-order chi connectivity index (χ1) is 19.3. The molecule has 0 spiro atoms. The van der Waals surface area contributed by atoms with Crippen LogP contribution >= 0.6 is 0 Å². The fourth-order valence-electron chi connectivity index (χ4n) is 4.55. The summed E-state index contributed by atoms with van der Waals surface area (Å²) in [6.07, 6.45) is 0. The first-order valence-electron chi connectivity index (χ1n) is 12.7. The quantitative estimate of drug-likeness (QED) is 0.234. The molecular weight excluding hydrogens is 508 g/mol. The summed E-state index contributed by atoms with van der Waals surface area (Å²) >= 11 is 0. The molecule has 0 bridgehead atoms. The first-order valence-corrected chi connectivity index (χ1v) is 12.7. The number of amides is 1. The monoisotopic (exact) mass is 534 g/mol. The Labute approximate surface area is 229 Å². The third kappa shape index (κ3) is 5.58. The number of aryl methyl sites for hydroxylation is 1. The minimum absolute atomic E-state index is 0.00268. The molecule has 0 atom stereocenters. The van der Waals surface area contributed by atoms with E-state index in [-0.39, 0.29) is 24.7 Å². The molecule has 200 valence electrons. The van der Waals surface area contributed by atoms with Crippen molar-refractivity contribution in [2.45, 2.75) is 26.6 Å². The van der Waals surface area contributed by atoms with Crippen LogP contribution in [-0.4, -0.2) is 20.0 Å². The van der Waals surface area contributed by atoms with Crippen molar-refractivity contribution in [3.8, 4) is 0 Å². The van der Waals surface area contributed by atoms with E-state index in [1.165, 1.54) is 16.7 Å². The Morgan fingerprint density at radius 1 is 0.800 bits per heavy atom. The molecule has 9 heteroatoms. The van der Waals surface area contributed by atoms with Crippen molar-refractivity contribution in [1.29, 1.82) is 0 Å². The third-order valence-corrected chi connectivity index (χ3v) is 6.72. The van der Waals surface area contributed by atoms with Gasteiger partial charge in [0.05, 0.1) is 28.9 Å². The van der Waals surface area contributed by atoms with Crippen LogP contribution in [0.4, 0.5) is 5.69 Å². The molecule has 1 amide bonds. The molecule has 5 rings (SSSR count). The lowest BCUT2D eigenvalue weighted by atomic mass is 10.1. The van der Waals surface area contributed by atoms with Crippen LogP contribution in [0.3, 0.4) is 0 Å². The van der Waals surface area contributed by atoms with Crippen molar-refractivity contribution < 1.29 is 9.72 Å². The number of nitrogens with one attached hydrogen (secondary N) is 1. The summed E-state index contributed by atoms with van der Waals surface area (Å²) in [6.45, 7) is 2.46. The molecule has 0 saturated heterocycles. The average molecular weight is 535 g/mol. The van der Waals surface area contributed by atoms with Crippen LogP contribution in [0.15, 0.2) is 107 Å². The van der Waals surface area contributed by atoms with Gasteiger partial charge in [0.15, 0.2) is 0 Å². The van der Waals surface area contributed by atoms with Gasteiger partial charge >= 0.3 is 5.69 Å². The molecular formula is C31H26N4O5. The average Bonchev–Trinajstić information content (AvgIpc) is 2.97. The van der Waals surface area contributed by atoms with Gasteiger partial charge in [0.1, 0.15) is 0 Å². The van der Waals surface area contributed by atoms with E-state index in [0.717, 1.165) is 15.7 Å². The number of nitro benzene ring substituents is 1. The molecule has 0 aliphatic heterocycles. The summed E-state index contributed by atoms with van der Waals surface area (Å²) in [5, 5.41) is 14.5. The first kappa shape index (κ1) is 26.3. The highest BCUT2D eigenvalue weighted by atomic mass is 16.6. The van der Waals surface area contributed by atoms with Gasteiger partial charge in [-0.25, -0.2) is 4.79 Å². The Bertz CT molecular complexity index is 1840. The van der Waals surface area contributed by atoms with Crippen molar-refractivity contribution >= 4 is 22.5 Å². The third-order valence-electron chi connectivity index (χ3n) is 6.72. The Kier molecular flexibility index (Phi) is 7.37. The molecule has 4 aromatic carbocycles. The predicted molar refractivity (Wildman–Crippen MR) is 153 cm³/mol. The number of carbonyl (C=O) groups is 1. The Morgan fingerprint density at radius 3 is 2.20 bits per heavy atom. The fraction of sp³-hybridized carbons (Fsp3) is 0.129. The number of nitrogens with zero attached hydrogens (tertiary/aromatic N) is 3. The van der Waals surface area contributed by atoms with Crippen LogP contribution in [0, 0.1) is 17.0 Å². The number of benzene rings is 4. The van der Waals surface area contributed by atoms with Crippen LogP contribution in [0.2, 0.25) is 0 Å². The van der Waals surface area contributed by atoms with Crippen molar-refractivity contribution in [2.24, 2.45) is 0 Å². The number of aromatic nitrogens is 2. The lowest BCUT2D eigenvalue weighted by molar-refractivity contribution is -0.384. The van der Waals surface area contributed by atoms with Gasteiger partial charge in [0.2, 0.25) is 0 Å². The number of para-hydroxylation sites is 1. The maximum Gasteiger partial charge on any atom is 0.332 e. The normalized spacial score (nSPS) is 10.9. The largest absolute Gasteiger partial charge is 0.348 e. The molecule has 0 saturated carbocycles. The summed E-state index contributed by atoms with van der Waals surface area (Å²) in [6, 6.07) is 27.5. The minimum Gasteiger partial charge on any atom is -0.348 e. The van der Waals surface area contributed by atoms with E-state index in [1.807, 2.05) is 31.2 Å². The highest BCUT2D eigenvalue weighted by molar-refractivity contribution is 5.94. The smallest absolute Gasteiger partial charge is 0.332 e. The number of hydrogen-bond donors (Lipinski definition) is 1. The zero-order valence-electron chi connectivity index (χ0n) is 21.7. The maximum atomic E-state index is 13.6. The van der Waals surface area contributed by atoms with E-state index in [4.69, 9.17) is 0 Å². The summed E-state index contributed by atoms with van der Waals surface area (Å²) in [4.78, 5) is 50.3. The number of fused-ring (bicyclic) bond motifs is 1. The molecule has 0 radical (unpaired) electrons. The molecule has 9 nitrogen and oxygen atoms in total. The zero-order valence-corrected chi connectivity index (χ0v) is 21.7. The number of nitro groups is 1. The number of rotatable bonds is 8. The molecule has 0 fully saturated rings. The fourth-order valence-corrected chi connectivity index (χ4v) is 4.55. The molecule has 0 aliphatic rings. The van der Waals surface area contributed by atoms with Gasteiger partial charge in [-0.2, -0.15) is 0 Å². The second-order valence-corrected chi connectivity index (χ2v) is 9.57. The van der Waals surface area contributed by atoms with E-state index < -0.39 is 16.2 Å². The van der Waals surface area contributed by atoms with Crippen LogP contribution in [-0.2, 0) is 19.6 Å². The predicted octanol–water partition coefficient (Wildman–Crippen LogP) is 4.41. The SMILES string of the molecule is Cc1ccc(CNC(=O)c2ccc(Cn3c(=O)c4ccccc4n(Cc4cccc([N+](=O)[O-])c4)c3=O)cc2)cc1. The Hall–Kier alpha value is -5.31. The second-order valence-electron chi connectivity index (χ2n) is 9.57. The summed E-state index contributed by atoms with van der Waals surface area (Å²) < 4.78 is 2.59. The molecule has 5 aromatic rings. The van der Waals surface area contributed by atoms with Gasteiger partial charge in [0, 0.05) is 24.2 Å². The number of carbonyl (C=O) groups excluding carboxylic acids is 1. The maximum absolute atomic E-state index is 13.6. The highest BCUT2D eigenvalue weighted by Gasteiger charge is 2.15. The molecule has 0 unspecified atom stereocenters. The van der Waals surface area contributed by atoms with Gasteiger partial charge in [-0.05, 0) is 47.9 Å². The number of hydrogen-bond acceptors (Lipinski definition) is 5. The summed E-state index contributed by atoms with van der Waals surface area (Å²) in [5.41, 5.74) is 3.24. The van der Waals surface area contributed by atoms with Gasteiger partial charge in [0.25, 0.3) is 17.2 Å². The minimum atomic E-state index is -0.532. The molecule has 40 heavy (non-hydrogen) atoms. The van der Waals surface area contributed by atoms with Gasteiger partial charge in [-0.3, -0.25) is 28.8 Å². The van der Waals surface area contributed by atoms with Crippen molar-refractivity contribution in [3.63, 3.8) is 0 Å². The lowest BCUT2D eigenvalue weighted by Gasteiger charge is -2.14. The standard InChI is InChI=1S/C31H26N4O5/c1-21-9-11-22(12-10-21)18-32-29(36)25-15-13-23(14-16-25)19-34-30(37)27-7-2-3-8-28(27)33(31(34)38)20-24-5-4-6-26(17-24)35(39)40/h2-17H,18-20H2,1H3,(H,32,36). The van der Waals surface area contributed by atoms with Gasteiger partial charge in [-0.1, -0.05) is 66.2 Å². The van der Waals surface area contributed by atoms with Crippen LogP contribution in [0.25, 0.3) is 10.9 Å². The molecule has 1 aromatic heterocycles. The van der Waals surface area contributed by atoms with Gasteiger partial charge < -0.3 is 5.32 Å². The van der Waals surface area contributed by atoms with Crippen LogP contribution < -0.4 is 16.6 Å². The Morgan fingerprint density at radius 2 is 1.48 bits per heavy atom. The number of non-ortho nitro benzene ring substituents is 1. The van der Waals surface area contributed by atoms with Crippen molar-refractivity contribution in [2.75, 3.05) is 0 Å². The van der Waals surface area contributed by atoms with Gasteiger partial charge in [-0.15, -0.1) is 0 Å². The highest BCUT2D eigenvalue weighted by Crippen LogP contribution is 2.16. The summed E-state index contributed by atoms with van der Waals surface area (Å²) in [7, 11) is 0. The lowest BCUT2D eigenvalue weighted by Crippen LogP contribution is -2.40. The Balaban J connectivity index is 1.41. The van der Waals surface area contributed by atoms with Crippen molar-refractivity contribution in [3.05, 3.63) is 156 Å². The van der Waals surface area contributed by atoms with Crippen LogP contribution in [0.5, 0.6) is 0 Å². The molecule has 0 aliphatic carbocycles. The van der Waals surface area contributed by atoms with E-state index in [1.54, 1.807) is 60.7 Å². The van der Waals surface area contributed by atoms with Crippen LogP contribution in [0.1, 0.15) is 32.6 Å². The van der Waals surface area contributed by atoms with Crippen molar-refractivity contribution in [1.82, 2.24) is 14.5 Å². The second kappa shape index (κ2) is 11.2. The van der Waals surface area contributed by atoms with E-state index in [9.17, 15) is 24.5 Å². The van der Waals surface area contributed by atoms with E-state index in [0.29, 0.717) is 34.1 Å². The van der Waals surface area contributed by atoms with E-state index >= 15 is 0 Å². The summed E-state index contributed by atoms with van der Waals surface area (Å²) in [5.74, 6) is -0.227. The zero-order chi connectivity index (χ0) is 28.2.